The molecule has 6 rings (SSSR count). The van der Waals surface area contributed by atoms with E-state index in [1.165, 1.54) is 16.7 Å². The van der Waals surface area contributed by atoms with Gasteiger partial charge < -0.3 is 18.6 Å². The number of hydrogen-bond donors (Lipinski definition) is 0. The molecule has 4 heterocycles. The maximum atomic E-state index is 13.1. The summed E-state index contributed by atoms with van der Waals surface area (Å²) in [6, 6.07) is 19.0. The van der Waals surface area contributed by atoms with E-state index in [9.17, 15) is 24.5 Å². The summed E-state index contributed by atoms with van der Waals surface area (Å²) < 4.78 is 12.7. The van der Waals surface area contributed by atoms with E-state index in [2.05, 4.69) is 0 Å². The average molecular weight is 514 g/mol. The Morgan fingerprint density at radius 2 is 1.84 bits per heavy atom. The van der Waals surface area contributed by atoms with Crippen LogP contribution in [0.25, 0.3) is 22.1 Å². The Kier molecular flexibility index (Phi) is 5.79. The lowest BCUT2D eigenvalue weighted by atomic mass is 9.83. The van der Waals surface area contributed by atoms with Crippen molar-refractivity contribution >= 4 is 22.6 Å². The van der Waals surface area contributed by atoms with Gasteiger partial charge in [0.15, 0.2) is 6.61 Å². The Morgan fingerprint density at radius 1 is 1.03 bits per heavy atom. The van der Waals surface area contributed by atoms with Crippen molar-refractivity contribution in [1.29, 1.82) is 0 Å². The van der Waals surface area contributed by atoms with E-state index < -0.39 is 21.8 Å². The van der Waals surface area contributed by atoms with E-state index in [1.807, 2.05) is 30.3 Å². The Morgan fingerprint density at radius 3 is 2.63 bits per heavy atom. The van der Waals surface area contributed by atoms with Crippen LogP contribution < -0.4 is 15.9 Å². The highest BCUT2D eigenvalue weighted by Crippen LogP contribution is 2.36. The van der Waals surface area contributed by atoms with E-state index in [0.717, 1.165) is 22.9 Å². The SMILES string of the molecule is O=C(COc1ccc2c(-c3ccccc3)cc(=O)oc2c1)N1CC2C[C@@H](C1)Cn1c2ccc([N+](=O)[O-])c1=O. The van der Waals surface area contributed by atoms with E-state index in [4.69, 9.17) is 9.15 Å². The molecule has 38 heavy (non-hydrogen) atoms. The van der Waals surface area contributed by atoms with Gasteiger partial charge in [-0.1, -0.05) is 30.3 Å². The van der Waals surface area contributed by atoms with Crippen LogP contribution in [0.15, 0.2) is 80.7 Å². The molecular weight excluding hydrogens is 490 g/mol. The van der Waals surface area contributed by atoms with Gasteiger partial charge in [-0.3, -0.25) is 19.7 Å². The standard InChI is InChI=1S/C28H23N3O7/c32-26(29-13-17-10-19(15-29)23-8-9-24(31(35)36)28(34)30(23)14-17)16-37-20-6-7-21-22(18-4-2-1-3-5-18)12-27(33)38-25(21)11-20/h1-9,11-12,17,19H,10,13-16H2/t17-,19?/m0/s1. The molecule has 0 saturated carbocycles. The molecule has 2 aliphatic heterocycles. The molecule has 10 nitrogen and oxygen atoms in total. The lowest BCUT2D eigenvalue weighted by Crippen LogP contribution is -2.50. The second kappa shape index (κ2) is 9.29. The minimum Gasteiger partial charge on any atom is -0.484 e. The molecule has 2 aliphatic rings. The highest BCUT2D eigenvalue weighted by molar-refractivity contribution is 5.93. The summed E-state index contributed by atoms with van der Waals surface area (Å²) in [5.41, 5.74) is 1.22. The second-order valence-corrected chi connectivity index (χ2v) is 9.71. The summed E-state index contributed by atoms with van der Waals surface area (Å²) in [5.74, 6) is 0.153. The summed E-state index contributed by atoms with van der Waals surface area (Å²) in [5, 5.41) is 11.9. The topological polar surface area (TPSA) is 125 Å². The van der Waals surface area contributed by atoms with Crippen LogP contribution in [-0.4, -0.2) is 40.0 Å². The lowest BCUT2D eigenvalue weighted by Gasteiger charge is -2.42. The summed E-state index contributed by atoms with van der Waals surface area (Å²) >= 11 is 0. The predicted molar refractivity (Wildman–Crippen MR) is 138 cm³/mol. The molecule has 2 aromatic heterocycles. The normalized spacial score (nSPS) is 18.2. The highest BCUT2D eigenvalue weighted by atomic mass is 16.6. The van der Waals surface area contributed by atoms with Gasteiger partial charge >= 0.3 is 16.9 Å². The van der Waals surface area contributed by atoms with E-state index in [0.29, 0.717) is 36.7 Å². The maximum Gasteiger partial charge on any atom is 0.336 e. The molecule has 0 aliphatic carbocycles. The number of likely N-dealkylation sites (tertiary alicyclic amines) is 1. The van der Waals surface area contributed by atoms with Crippen molar-refractivity contribution in [2.24, 2.45) is 5.92 Å². The minimum atomic E-state index is -0.659. The monoisotopic (exact) mass is 513 g/mol. The molecule has 1 fully saturated rings. The van der Waals surface area contributed by atoms with Crippen molar-refractivity contribution < 1.29 is 18.9 Å². The van der Waals surface area contributed by atoms with Crippen LogP contribution >= 0.6 is 0 Å². The number of nitro groups is 1. The van der Waals surface area contributed by atoms with Gasteiger partial charge in [0.05, 0.1) is 4.92 Å². The molecule has 192 valence electrons. The van der Waals surface area contributed by atoms with E-state index in [-0.39, 0.29) is 24.3 Å². The van der Waals surface area contributed by atoms with Crippen LogP contribution in [0, 0.1) is 16.0 Å². The smallest absolute Gasteiger partial charge is 0.336 e. The molecule has 1 amide bonds. The quantitative estimate of drug-likeness (QED) is 0.227. The zero-order valence-corrected chi connectivity index (χ0v) is 20.2. The van der Waals surface area contributed by atoms with Crippen LogP contribution in [0.4, 0.5) is 5.69 Å². The van der Waals surface area contributed by atoms with Crippen LogP contribution in [0.1, 0.15) is 18.0 Å². The van der Waals surface area contributed by atoms with Gasteiger partial charge in [0.25, 0.3) is 5.91 Å². The molecule has 10 heteroatoms. The Balaban J connectivity index is 1.18. The number of hydrogen-bond acceptors (Lipinski definition) is 7. The number of amides is 1. The zero-order valence-electron chi connectivity index (χ0n) is 20.2. The fourth-order valence-corrected chi connectivity index (χ4v) is 5.60. The number of benzene rings is 2. The third-order valence-electron chi connectivity index (χ3n) is 7.30. The molecular formula is C28H23N3O7. The largest absolute Gasteiger partial charge is 0.484 e. The number of carbonyl (C=O) groups excluding carboxylic acids is 1. The van der Waals surface area contributed by atoms with Crippen LogP contribution in [-0.2, 0) is 11.3 Å². The fraction of sp³-hybridized carbons (Fsp3) is 0.250. The van der Waals surface area contributed by atoms with Crippen molar-refractivity contribution in [3.63, 3.8) is 0 Å². The van der Waals surface area contributed by atoms with Gasteiger partial charge in [0, 0.05) is 54.8 Å². The van der Waals surface area contributed by atoms with Gasteiger partial charge in [0.1, 0.15) is 11.3 Å². The van der Waals surface area contributed by atoms with Crippen molar-refractivity contribution in [3.05, 3.63) is 103 Å². The number of aromatic nitrogens is 1. The van der Waals surface area contributed by atoms with E-state index >= 15 is 0 Å². The van der Waals surface area contributed by atoms with Gasteiger partial charge in [-0.25, -0.2) is 4.79 Å². The molecule has 2 bridgehead atoms. The van der Waals surface area contributed by atoms with Crippen molar-refractivity contribution in [2.75, 3.05) is 19.7 Å². The number of rotatable bonds is 5. The first-order chi connectivity index (χ1) is 18.4. The first-order valence-corrected chi connectivity index (χ1v) is 12.3. The third kappa shape index (κ3) is 4.23. The Bertz CT molecular complexity index is 1690. The number of piperidine rings is 1. The van der Waals surface area contributed by atoms with Crippen LogP contribution in [0.5, 0.6) is 5.75 Å². The first kappa shape index (κ1) is 23.7. The molecule has 0 radical (unpaired) electrons. The second-order valence-electron chi connectivity index (χ2n) is 9.71. The molecule has 1 unspecified atom stereocenters. The Hall–Kier alpha value is -4.73. The van der Waals surface area contributed by atoms with Crippen molar-refractivity contribution in [3.8, 4) is 16.9 Å². The summed E-state index contributed by atoms with van der Waals surface area (Å²) in [6.07, 6.45) is 0.815. The summed E-state index contributed by atoms with van der Waals surface area (Å²) in [6.45, 7) is 0.994. The minimum absolute atomic E-state index is 0.0243. The van der Waals surface area contributed by atoms with Crippen LogP contribution in [0.3, 0.4) is 0 Å². The summed E-state index contributed by atoms with van der Waals surface area (Å²) in [4.78, 5) is 50.0. The molecule has 2 atom stereocenters. The zero-order chi connectivity index (χ0) is 26.4. The van der Waals surface area contributed by atoms with Gasteiger partial charge in [-0.05, 0) is 41.7 Å². The number of nitrogens with zero attached hydrogens (tertiary/aromatic N) is 3. The van der Waals surface area contributed by atoms with Gasteiger partial charge in [-0.2, -0.15) is 0 Å². The predicted octanol–water partition coefficient (Wildman–Crippen LogP) is 3.55. The summed E-state index contributed by atoms with van der Waals surface area (Å²) in [7, 11) is 0. The van der Waals surface area contributed by atoms with Crippen molar-refractivity contribution in [2.45, 2.75) is 18.9 Å². The Labute approximate surface area is 215 Å². The molecule has 1 saturated heterocycles. The molecule has 0 spiro atoms. The number of pyridine rings is 1. The fourth-order valence-electron chi connectivity index (χ4n) is 5.60. The third-order valence-corrected chi connectivity index (χ3v) is 7.30. The molecule has 4 aromatic rings. The molecule has 0 N–H and O–H groups in total. The molecule has 2 aromatic carbocycles. The first-order valence-electron chi connectivity index (χ1n) is 12.3. The number of fused-ring (bicyclic) bond motifs is 5. The number of ether oxygens (including phenoxy) is 1. The van der Waals surface area contributed by atoms with Gasteiger partial charge in [-0.15, -0.1) is 0 Å². The van der Waals surface area contributed by atoms with Crippen LogP contribution in [0.2, 0.25) is 0 Å². The number of carbonyl (C=O) groups is 1. The average Bonchev–Trinajstić information content (AvgIpc) is 2.91. The maximum absolute atomic E-state index is 13.1. The van der Waals surface area contributed by atoms with Crippen molar-refractivity contribution in [1.82, 2.24) is 9.47 Å². The van der Waals surface area contributed by atoms with Gasteiger partial charge in [0.2, 0.25) is 0 Å². The highest BCUT2D eigenvalue weighted by Gasteiger charge is 2.37. The lowest BCUT2D eigenvalue weighted by molar-refractivity contribution is -0.386. The van der Waals surface area contributed by atoms with E-state index in [1.54, 1.807) is 29.2 Å².